The highest BCUT2D eigenvalue weighted by Gasteiger charge is 2.12. The molecule has 4 aromatic carbocycles. The average Bonchev–Trinajstić information content (AvgIpc) is 3.41. The lowest BCUT2D eigenvalue weighted by Gasteiger charge is -2.07. The fourth-order valence-corrected chi connectivity index (χ4v) is 4.27. The second-order valence-corrected chi connectivity index (χ2v) is 9.51. The molecular formula is C31H24Cl2N4O3. The van der Waals surface area contributed by atoms with Crippen molar-refractivity contribution in [1.82, 2.24) is 15.2 Å². The Bertz CT molecular complexity index is 1610. The Kier molecular flexibility index (Phi) is 8.76. The lowest BCUT2D eigenvalue weighted by atomic mass is 10.1. The van der Waals surface area contributed by atoms with E-state index < -0.39 is 5.91 Å². The topological polar surface area (TPSA) is 77.7 Å². The Morgan fingerprint density at radius 1 is 0.900 bits per heavy atom. The third-order valence-corrected chi connectivity index (χ3v) is 6.32. The van der Waals surface area contributed by atoms with E-state index in [1.807, 2.05) is 91.1 Å². The van der Waals surface area contributed by atoms with Gasteiger partial charge >= 0.3 is 0 Å². The summed E-state index contributed by atoms with van der Waals surface area (Å²) in [6.07, 6.45) is 3.40. The van der Waals surface area contributed by atoms with Crippen LogP contribution < -0.4 is 14.9 Å². The molecule has 7 nitrogen and oxygen atoms in total. The summed E-state index contributed by atoms with van der Waals surface area (Å²) in [5.74, 6) is 0.658. The first-order chi connectivity index (χ1) is 19.5. The fraction of sp³-hybridized carbons (Fsp3) is 0.0645. The van der Waals surface area contributed by atoms with E-state index in [1.165, 1.54) is 0 Å². The molecule has 0 saturated heterocycles. The second-order valence-electron chi connectivity index (χ2n) is 8.67. The van der Waals surface area contributed by atoms with E-state index in [1.54, 1.807) is 29.1 Å². The van der Waals surface area contributed by atoms with Gasteiger partial charge in [-0.25, -0.2) is 10.1 Å². The number of ether oxygens (including phenoxy) is 2. The van der Waals surface area contributed by atoms with Crippen LogP contribution in [0.3, 0.4) is 0 Å². The summed E-state index contributed by atoms with van der Waals surface area (Å²) in [5.41, 5.74) is 6.74. The van der Waals surface area contributed by atoms with Crippen molar-refractivity contribution in [3.05, 3.63) is 130 Å². The summed E-state index contributed by atoms with van der Waals surface area (Å²) in [7, 11) is 0. The Morgan fingerprint density at radius 3 is 2.35 bits per heavy atom. The van der Waals surface area contributed by atoms with Crippen molar-refractivity contribution in [1.29, 1.82) is 0 Å². The van der Waals surface area contributed by atoms with Gasteiger partial charge in [0.15, 0.2) is 6.61 Å². The number of hydrogen-bond donors (Lipinski definition) is 1. The van der Waals surface area contributed by atoms with Crippen molar-refractivity contribution in [3.63, 3.8) is 0 Å². The molecular weight excluding hydrogens is 547 g/mol. The summed E-state index contributed by atoms with van der Waals surface area (Å²) >= 11 is 12.0. The number of aromatic nitrogens is 2. The number of para-hydroxylation sites is 1. The maximum Gasteiger partial charge on any atom is 0.277 e. The first kappa shape index (κ1) is 27.0. The molecule has 0 bridgehead atoms. The van der Waals surface area contributed by atoms with Gasteiger partial charge in [0, 0.05) is 22.3 Å². The molecule has 200 valence electrons. The van der Waals surface area contributed by atoms with Gasteiger partial charge in [-0.2, -0.15) is 10.2 Å². The molecule has 40 heavy (non-hydrogen) atoms. The van der Waals surface area contributed by atoms with Gasteiger partial charge in [-0.05, 0) is 60.2 Å². The maximum atomic E-state index is 12.3. The highest BCUT2D eigenvalue weighted by molar-refractivity contribution is 6.35. The van der Waals surface area contributed by atoms with Gasteiger partial charge < -0.3 is 9.47 Å². The number of rotatable bonds is 10. The van der Waals surface area contributed by atoms with Crippen LogP contribution in [-0.4, -0.2) is 28.5 Å². The SMILES string of the molecule is O=C(COc1ccc(Cl)cc1Cl)N/N=C\c1cn(-c2ccccc2)nc1-c1ccc(OCc2ccccc2)cc1. The summed E-state index contributed by atoms with van der Waals surface area (Å²) in [6, 6.07) is 32.2. The van der Waals surface area contributed by atoms with E-state index in [0.29, 0.717) is 33.7 Å². The van der Waals surface area contributed by atoms with Gasteiger partial charge in [-0.1, -0.05) is 71.7 Å². The predicted octanol–water partition coefficient (Wildman–Crippen LogP) is 6.95. The number of nitrogens with one attached hydrogen (secondary N) is 1. The zero-order valence-electron chi connectivity index (χ0n) is 21.2. The van der Waals surface area contributed by atoms with Crippen molar-refractivity contribution in [2.45, 2.75) is 6.61 Å². The molecule has 0 unspecified atom stereocenters. The zero-order valence-corrected chi connectivity index (χ0v) is 22.7. The van der Waals surface area contributed by atoms with Crippen LogP contribution in [0.4, 0.5) is 0 Å². The number of carbonyl (C=O) groups is 1. The van der Waals surface area contributed by atoms with E-state index in [4.69, 9.17) is 37.8 Å². The third-order valence-electron chi connectivity index (χ3n) is 5.78. The Labute approximate surface area is 241 Å². The van der Waals surface area contributed by atoms with Crippen LogP contribution in [0.15, 0.2) is 114 Å². The van der Waals surface area contributed by atoms with Crippen molar-refractivity contribution < 1.29 is 14.3 Å². The van der Waals surface area contributed by atoms with Crippen LogP contribution >= 0.6 is 23.2 Å². The van der Waals surface area contributed by atoms with E-state index in [2.05, 4.69) is 10.5 Å². The minimum Gasteiger partial charge on any atom is -0.489 e. The van der Waals surface area contributed by atoms with E-state index in [0.717, 1.165) is 22.6 Å². The molecule has 0 saturated carbocycles. The summed E-state index contributed by atoms with van der Waals surface area (Å²) < 4.78 is 13.2. The fourth-order valence-electron chi connectivity index (χ4n) is 3.81. The molecule has 1 aromatic heterocycles. The standard InChI is InChI=1S/C31H24Cl2N4O3/c32-25-13-16-29(28(33)17-25)40-21-30(38)35-34-18-24-19-37(26-9-5-2-6-10-26)36-31(24)23-11-14-27(15-12-23)39-20-22-7-3-1-4-8-22/h1-19H,20-21H2,(H,35,38)/b34-18-. The monoisotopic (exact) mass is 570 g/mol. The molecule has 1 heterocycles. The summed E-state index contributed by atoms with van der Waals surface area (Å²) in [5, 5.41) is 9.71. The van der Waals surface area contributed by atoms with Crippen molar-refractivity contribution >= 4 is 35.3 Å². The minimum absolute atomic E-state index is 0.265. The molecule has 0 aliphatic heterocycles. The molecule has 1 N–H and O–H groups in total. The van der Waals surface area contributed by atoms with Gasteiger partial charge in [0.2, 0.25) is 0 Å². The largest absolute Gasteiger partial charge is 0.489 e. The lowest BCUT2D eigenvalue weighted by molar-refractivity contribution is -0.123. The molecule has 0 fully saturated rings. The quantitative estimate of drug-likeness (QED) is 0.145. The van der Waals surface area contributed by atoms with Crippen LogP contribution in [0.5, 0.6) is 11.5 Å². The Hall–Kier alpha value is -4.59. The van der Waals surface area contributed by atoms with Gasteiger partial charge in [0.05, 0.1) is 16.9 Å². The summed E-state index contributed by atoms with van der Waals surface area (Å²) in [4.78, 5) is 12.3. The van der Waals surface area contributed by atoms with Crippen LogP contribution in [0.2, 0.25) is 10.0 Å². The number of halogens is 2. The number of nitrogens with zero attached hydrogens (tertiary/aromatic N) is 3. The number of carbonyl (C=O) groups excluding carboxylic acids is 1. The van der Waals surface area contributed by atoms with E-state index in [-0.39, 0.29) is 6.61 Å². The van der Waals surface area contributed by atoms with Crippen LogP contribution in [0.1, 0.15) is 11.1 Å². The van der Waals surface area contributed by atoms with Crippen molar-refractivity contribution in [3.8, 4) is 28.4 Å². The molecule has 5 aromatic rings. The van der Waals surface area contributed by atoms with Crippen LogP contribution in [-0.2, 0) is 11.4 Å². The smallest absolute Gasteiger partial charge is 0.277 e. The highest BCUT2D eigenvalue weighted by Crippen LogP contribution is 2.28. The molecule has 0 aliphatic carbocycles. The van der Waals surface area contributed by atoms with Crippen molar-refractivity contribution in [2.75, 3.05) is 6.61 Å². The number of hydrogen-bond acceptors (Lipinski definition) is 5. The molecule has 5 rings (SSSR count). The Morgan fingerprint density at radius 2 is 1.62 bits per heavy atom. The predicted molar refractivity (Wildman–Crippen MR) is 157 cm³/mol. The van der Waals surface area contributed by atoms with Gasteiger partial charge in [-0.3, -0.25) is 4.79 Å². The van der Waals surface area contributed by atoms with Crippen LogP contribution in [0, 0.1) is 0 Å². The molecule has 0 spiro atoms. The number of hydrazone groups is 1. The number of amides is 1. The Balaban J connectivity index is 1.29. The van der Waals surface area contributed by atoms with Gasteiger partial charge in [0.1, 0.15) is 23.8 Å². The zero-order chi connectivity index (χ0) is 27.7. The van der Waals surface area contributed by atoms with Crippen LogP contribution in [0.25, 0.3) is 16.9 Å². The highest BCUT2D eigenvalue weighted by atomic mass is 35.5. The first-order valence-corrected chi connectivity index (χ1v) is 13.1. The van der Waals surface area contributed by atoms with E-state index in [9.17, 15) is 4.79 Å². The third kappa shape index (κ3) is 7.08. The van der Waals surface area contributed by atoms with Crippen molar-refractivity contribution in [2.24, 2.45) is 5.10 Å². The second kappa shape index (κ2) is 13.0. The molecule has 0 atom stereocenters. The molecule has 0 radical (unpaired) electrons. The average molecular weight is 571 g/mol. The van der Waals surface area contributed by atoms with Gasteiger partial charge in [0.25, 0.3) is 5.91 Å². The molecule has 0 aliphatic rings. The number of benzene rings is 4. The normalized spacial score (nSPS) is 10.9. The molecule has 1 amide bonds. The lowest BCUT2D eigenvalue weighted by Crippen LogP contribution is -2.24. The summed E-state index contributed by atoms with van der Waals surface area (Å²) in [6.45, 7) is 0.216. The maximum absolute atomic E-state index is 12.3. The van der Waals surface area contributed by atoms with Gasteiger partial charge in [-0.15, -0.1) is 0 Å². The first-order valence-electron chi connectivity index (χ1n) is 12.4. The van der Waals surface area contributed by atoms with E-state index >= 15 is 0 Å². The minimum atomic E-state index is -0.445. The molecule has 9 heteroatoms.